The summed E-state index contributed by atoms with van der Waals surface area (Å²) >= 11 is 13.8. The van der Waals surface area contributed by atoms with Crippen LogP contribution in [0.1, 0.15) is 0 Å². The Kier molecular flexibility index (Phi) is 4.33. The van der Waals surface area contributed by atoms with Crippen molar-refractivity contribution >= 4 is 93.4 Å². The number of rotatable bonds is 0. The molecule has 0 unspecified atom stereocenters. The maximum Gasteiger partial charge on any atom is -0.00789 e. The molecule has 0 saturated carbocycles. The minimum Gasteiger partial charge on any atom is -0.115 e. The molecular formula is H2I4S2. The molecule has 0 aromatic rings. The molecule has 0 aliphatic heterocycles. The molecule has 0 amide bonds. The zero-order chi connectivity index (χ0) is 5.45. The van der Waals surface area contributed by atoms with Crippen molar-refractivity contribution in [2.45, 2.75) is 0 Å². The summed E-state index contributed by atoms with van der Waals surface area (Å²) in [5, 5.41) is 0. The van der Waals surface area contributed by atoms with Gasteiger partial charge in [0.05, 0.1) is 0 Å². The van der Waals surface area contributed by atoms with Gasteiger partial charge in [-0.05, 0) is 84.8 Å². The Hall–Kier alpha value is 3.62. The first-order valence-electron chi connectivity index (χ1n) is 0.876. The molecule has 0 rings (SSSR count). The van der Waals surface area contributed by atoms with Crippen molar-refractivity contribution in [3.63, 3.8) is 0 Å². The Morgan fingerprint density at radius 1 is 1.00 bits per heavy atom. The second-order valence-electron chi connectivity index (χ2n) is 0.686. The molecule has 0 aromatic carbocycles. The van der Waals surface area contributed by atoms with Gasteiger partial charge in [-0.3, -0.25) is 0 Å². The predicted octanol–water partition coefficient (Wildman–Crippen LogP) is 4.30. The van der Waals surface area contributed by atoms with E-state index < -0.39 is -3.12 Å². The van der Waals surface area contributed by atoms with Crippen LogP contribution in [-0.4, -0.2) is 0 Å². The van der Waals surface area contributed by atoms with Crippen LogP contribution >= 0.6 is 93.4 Å². The standard InChI is InChI=1S/H2I4S2/c1-6(2,3,4)5/h5-6H. The molecule has 0 aliphatic rings. The van der Waals surface area contributed by atoms with Crippen LogP contribution in [0, 0.1) is 0 Å². The number of hydrogen-bond acceptors (Lipinski definition) is 1. The third-order valence-electron chi connectivity index (χ3n) is 0. The second kappa shape index (κ2) is 2.70. The van der Waals surface area contributed by atoms with Gasteiger partial charge in [0.2, 0.25) is 0 Å². The summed E-state index contributed by atoms with van der Waals surface area (Å²) in [7, 11) is 0. The van der Waals surface area contributed by atoms with Gasteiger partial charge in [-0.2, -0.15) is 0 Å². The summed E-state index contributed by atoms with van der Waals surface area (Å²) in [6.07, 6.45) is 0. The van der Waals surface area contributed by atoms with Crippen LogP contribution in [0.4, 0.5) is 0 Å². The molecule has 0 spiro atoms. The predicted molar refractivity (Wildman–Crippen MR) is 74.1 cm³/mol. The highest BCUT2D eigenvalue weighted by Crippen LogP contribution is 2.99. The summed E-state index contributed by atoms with van der Waals surface area (Å²) in [6, 6.07) is 0. The van der Waals surface area contributed by atoms with E-state index in [1.165, 1.54) is 0 Å². The highest BCUT2D eigenvalue weighted by atomic mass is 127. The monoisotopic (exact) mass is 574 g/mol. The Morgan fingerprint density at radius 3 is 1.00 bits per heavy atom. The van der Waals surface area contributed by atoms with Crippen LogP contribution in [-0.2, 0) is 0 Å². The van der Waals surface area contributed by atoms with Crippen LogP contribution in [0.5, 0.6) is 0 Å². The molecule has 42 valence electrons. The molecule has 6 heavy (non-hydrogen) atoms. The van der Waals surface area contributed by atoms with Crippen LogP contribution in [0.25, 0.3) is 0 Å². The fraction of sp³-hybridized carbons (Fsp3) is 0. The van der Waals surface area contributed by atoms with Crippen LogP contribution < -0.4 is 0 Å². The SMILES string of the molecule is S[SH](I)(I)(I)I. The van der Waals surface area contributed by atoms with Crippen molar-refractivity contribution in [1.29, 1.82) is 0 Å². The first-order valence-corrected chi connectivity index (χ1v) is 15.4. The molecule has 0 heterocycles. The Morgan fingerprint density at radius 2 is 1.00 bits per heavy atom. The third kappa shape index (κ3) is 25.5. The lowest BCUT2D eigenvalue weighted by molar-refractivity contribution is 6.30. The highest BCUT2D eigenvalue weighted by Gasteiger charge is 2.18. The maximum absolute atomic E-state index is 4.36. The van der Waals surface area contributed by atoms with Crippen LogP contribution in [0.2, 0.25) is 0 Å². The summed E-state index contributed by atoms with van der Waals surface area (Å²) in [6.45, 7) is 0. The highest BCUT2D eigenvalue weighted by molar-refractivity contribution is 14.6. The van der Waals surface area contributed by atoms with Crippen molar-refractivity contribution in [2.75, 3.05) is 0 Å². The normalized spacial score (nSPS) is 19.2. The van der Waals surface area contributed by atoms with Crippen molar-refractivity contribution in [3.8, 4) is 0 Å². The average molecular weight is 574 g/mol. The molecule has 0 fully saturated rings. The van der Waals surface area contributed by atoms with Gasteiger partial charge in [0, 0.05) is 0 Å². The topological polar surface area (TPSA) is 0 Å². The van der Waals surface area contributed by atoms with Gasteiger partial charge in [0.1, 0.15) is 0 Å². The minimum absolute atomic E-state index is 1.48. The van der Waals surface area contributed by atoms with Crippen LogP contribution in [0.3, 0.4) is 0 Å². The summed E-state index contributed by atoms with van der Waals surface area (Å²) in [4.78, 5) is 0. The van der Waals surface area contributed by atoms with Gasteiger partial charge in [-0.1, -0.05) is -3.12 Å². The first kappa shape index (κ1) is 9.62. The Bertz CT molecular complexity index is 38.7. The third-order valence-corrected chi connectivity index (χ3v) is 0. The fourth-order valence-electron chi connectivity index (χ4n) is 0. The van der Waals surface area contributed by atoms with Crippen molar-refractivity contribution in [3.05, 3.63) is 0 Å². The molecule has 0 bridgehead atoms. The second-order valence-corrected chi connectivity index (χ2v) is 70.0. The van der Waals surface area contributed by atoms with Gasteiger partial charge < -0.3 is 0 Å². The van der Waals surface area contributed by atoms with Crippen molar-refractivity contribution < 1.29 is 0 Å². The lowest BCUT2D eigenvalue weighted by Crippen LogP contribution is -1.49. The Balaban J connectivity index is 3.73. The Labute approximate surface area is 90.8 Å². The maximum atomic E-state index is 4.36. The fourth-order valence-corrected chi connectivity index (χ4v) is 0. The van der Waals surface area contributed by atoms with Gasteiger partial charge in [-0.15, -0.1) is 11.7 Å². The number of hydrogen-bond donors (Lipinski definition) is 2. The number of thiol groups is 2. The molecule has 0 atom stereocenters. The molecule has 0 saturated heterocycles. The molecule has 0 aliphatic carbocycles. The first-order chi connectivity index (χ1) is 2.24. The molecule has 0 aromatic heterocycles. The zero-order valence-electron chi connectivity index (χ0n) is 2.41. The summed E-state index contributed by atoms with van der Waals surface area (Å²) in [5.74, 6) is 0. The molecule has 0 nitrogen and oxygen atoms in total. The quantitative estimate of drug-likeness (QED) is 0.241. The van der Waals surface area contributed by atoms with Crippen LogP contribution in [0.15, 0.2) is 0 Å². The van der Waals surface area contributed by atoms with E-state index in [4.69, 9.17) is 0 Å². The zero-order valence-corrected chi connectivity index (χ0v) is 12.8. The van der Waals surface area contributed by atoms with E-state index in [0.717, 1.165) is 0 Å². The van der Waals surface area contributed by atoms with Gasteiger partial charge in [0.15, 0.2) is 0 Å². The van der Waals surface area contributed by atoms with E-state index in [0.29, 0.717) is 0 Å². The molecule has 0 N–H and O–H groups in total. The lowest BCUT2D eigenvalue weighted by atomic mass is 31.0. The average Bonchev–Trinajstić information content (AvgIpc) is 0.650. The van der Waals surface area contributed by atoms with E-state index >= 15 is 0 Å². The smallest absolute Gasteiger partial charge is 0.00789 e. The lowest BCUT2D eigenvalue weighted by Gasteiger charge is -2.29. The van der Waals surface area contributed by atoms with Gasteiger partial charge in [0.25, 0.3) is 0 Å². The van der Waals surface area contributed by atoms with Gasteiger partial charge >= 0.3 is 0 Å². The molecule has 6 heteroatoms. The molecular weight excluding hydrogens is 572 g/mol. The number of halogens is 4. The van der Waals surface area contributed by atoms with E-state index in [-0.39, 0.29) is 0 Å². The van der Waals surface area contributed by atoms with E-state index in [9.17, 15) is 0 Å². The van der Waals surface area contributed by atoms with E-state index in [1.54, 1.807) is 0 Å². The summed E-state index contributed by atoms with van der Waals surface area (Å²) < 4.78 is -1.48. The van der Waals surface area contributed by atoms with Crippen molar-refractivity contribution in [1.82, 2.24) is 0 Å². The summed E-state index contributed by atoms with van der Waals surface area (Å²) in [5.41, 5.74) is 0. The minimum atomic E-state index is -1.48. The van der Waals surface area contributed by atoms with Crippen molar-refractivity contribution in [2.24, 2.45) is 0 Å². The largest absolute Gasteiger partial charge is 0.115 e. The van der Waals surface area contributed by atoms with E-state index in [2.05, 4.69) is 96.5 Å². The molecule has 0 radical (unpaired) electrons. The van der Waals surface area contributed by atoms with E-state index in [1.807, 2.05) is 0 Å². The van der Waals surface area contributed by atoms with Gasteiger partial charge in [-0.25, -0.2) is 0 Å².